The summed E-state index contributed by atoms with van der Waals surface area (Å²) in [7, 11) is 1.55. The second kappa shape index (κ2) is 4.92. The Kier molecular flexibility index (Phi) is 3.82. The van der Waals surface area contributed by atoms with Gasteiger partial charge in [-0.25, -0.2) is 4.79 Å². The lowest BCUT2D eigenvalue weighted by atomic mass is 10.0. The number of aryl methyl sites for hydroxylation is 1. The molecular formula is C11H16N2O3. The van der Waals surface area contributed by atoms with Gasteiger partial charge in [0, 0.05) is 25.2 Å². The van der Waals surface area contributed by atoms with Gasteiger partial charge in [-0.05, 0) is 6.42 Å². The molecule has 0 radical (unpaired) electrons. The number of carbonyl (C=O) groups excluding carboxylic acids is 1. The molecule has 0 aromatic carbocycles. The molecule has 1 aromatic heterocycles. The van der Waals surface area contributed by atoms with Gasteiger partial charge in [0.25, 0.3) is 5.56 Å². The van der Waals surface area contributed by atoms with Crippen LogP contribution in [0.2, 0.25) is 0 Å². The van der Waals surface area contributed by atoms with Crippen LogP contribution in [0.1, 0.15) is 20.3 Å². The number of hydrogen-bond acceptors (Lipinski definition) is 3. The van der Waals surface area contributed by atoms with Crippen LogP contribution in [0.5, 0.6) is 0 Å². The van der Waals surface area contributed by atoms with E-state index in [9.17, 15) is 14.4 Å². The van der Waals surface area contributed by atoms with E-state index in [1.54, 1.807) is 14.0 Å². The van der Waals surface area contributed by atoms with Crippen molar-refractivity contribution in [2.45, 2.75) is 26.8 Å². The van der Waals surface area contributed by atoms with E-state index in [0.29, 0.717) is 6.42 Å². The van der Waals surface area contributed by atoms with Crippen LogP contribution in [0, 0.1) is 5.92 Å². The van der Waals surface area contributed by atoms with Crippen LogP contribution in [-0.4, -0.2) is 14.9 Å². The van der Waals surface area contributed by atoms with Crippen LogP contribution in [0.25, 0.3) is 0 Å². The highest BCUT2D eigenvalue weighted by atomic mass is 16.2. The first kappa shape index (κ1) is 12.4. The number of nitrogens with zero attached hydrogens (tertiary/aromatic N) is 2. The maximum Gasteiger partial charge on any atom is 0.331 e. The Labute approximate surface area is 93.3 Å². The van der Waals surface area contributed by atoms with Crippen LogP contribution in [-0.2, 0) is 18.4 Å². The van der Waals surface area contributed by atoms with Crippen molar-refractivity contribution >= 4 is 5.78 Å². The molecule has 0 bridgehead atoms. The number of ketones is 1. The van der Waals surface area contributed by atoms with Gasteiger partial charge in [0.1, 0.15) is 0 Å². The lowest BCUT2D eigenvalue weighted by molar-refractivity contribution is -0.123. The van der Waals surface area contributed by atoms with Crippen molar-refractivity contribution in [3.05, 3.63) is 33.1 Å². The maximum atomic E-state index is 11.7. The molecule has 0 aliphatic heterocycles. The van der Waals surface area contributed by atoms with Gasteiger partial charge in [-0.1, -0.05) is 13.8 Å². The molecule has 0 saturated heterocycles. The summed E-state index contributed by atoms with van der Waals surface area (Å²) < 4.78 is 2.25. The molecule has 0 amide bonds. The smallest absolute Gasteiger partial charge is 0.303 e. The van der Waals surface area contributed by atoms with Crippen LogP contribution in [0.3, 0.4) is 0 Å². The fourth-order valence-electron chi connectivity index (χ4n) is 1.30. The van der Waals surface area contributed by atoms with Gasteiger partial charge >= 0.3 is 5.69 Å². The minimum absolute atomic E-state index is 0.0899. The fourth-order valence-corrected chi connectivity index (χ4v) is 1.30. The highest BCUT2D eigenvalue weighted by Crippen LogP contribution is 2.02. The SMILES string of the molecule is CCC(C)C(=O)Cn1c(=O)ccn(C)c1=O. The predicted molar refractivity (Wildman–Crippen MR) is 60.4 cm³/mol. The van der Waals surface area contributed by atoms with Crippen molar-refractivity contribution in [3.8, 4) is 0 Å². The fraction of sp³-hybridized carbons (Fsp3) is 0.545. The Balaban J connectivity index is 3.07. The molecule has 0 fully saturated rings. The van der Waals surface area contributed by atoms with Crippen molar-refractivity contribution in [2.75, 3.05) is 0 Å². The van der Waals surface area contributed by atoms with E-state index in [-0.39, 0.29) is 18.2 Å². The maximum absolute atomic E-state index is 11.7. The van der Waals surface area contributed by atoms with E-state index in [1.807, 2.05) is 6.92 Å². The van der Waals surface area contributed by atoms with E-state index in [1.165, 1.54) is 16.8 Å². The van der Waals surface area contributed by atoms with Gasteiger partial charge in [-0.2, -0.15) is 0 Å². The third kappa shape index (κ3) is 2.48. The summed E-state index contributed by atoms with van der Waals surface area (Å²) in [5.41, 5.74) is -0.885. The average molecular weight is 224 g/mol. The molecule has 1 rings (SSSR count). The monoisotopic (exact) mass is 224 g/mol. The predicted octanol–water partition coefficient (Wildman–Crippen LogP) is 0.162. The second-order valence-electron chi connectivity index (χ2n) is 3.91. The Morgan fingerprint density at radius 3 is 2.62 bits per heavy atom. The highest BCUT2D eigenvalue weighted by Gasteiger charge is 2.13. The van der Waals surface area contributed by atoms with E-state index in [0.717, 1.165) is 4.57 Å². The Morgan fingerprint density at radius 1 is 1.44 bits per heavy atom. The number of aromatic nitrogens is 2. The molecular weight excluding hydrogens is 208 g/mol. The molecule has 1 unspecified atom stereocenters. The largest absolute Gasteiger partial charge is 0.331 e. The Hall–Kier alpha value is -1.65. The van der Waals surface area contributed by atoms with Crippen LogP contribution in [0.4, 0.5) is 0 Å². The van der Waals surface area contributed by atoms with Crippen molar-refractivity contribution in [1.82, 2.24) is 9.13 Å². The summed E-state index contributed by atoms with van der Waals surface area (Å²) in [5.74, 6) is -0.218. The summed E-state index contributed by atoms with van der Waals surface area (Å²) in [6.45, 7) is 3.55. The summed E-state index contributed by atoms with van der Waals surface area (Å²) in [4.78, 5) is 34.7. The van der Waals surface area contributed by atoms with Crippen LogP contribution >= 0.6 is 0 Å². The van der Waals surface area contributed by atoms with E-state index >= 15 is 0 Å². The standard InChI is InChI=1S/C11H16N2O3/c1-4-8(2)9(14)7-13-10(15)5-6-12(3)11(13)16/h5-6,8H,4,7H2,1-3H3. The Morgan fingerprint density at radius 2 is 2.06 bits per heavy atom. The molecule has 0 aliphatic rings. The lowest BCUT2D eigenvalue weighted by Crippen LogP contribution is -2.40. The molecule has 0 saturated carbocycles. The Bertz CT molecular complexity index is 499. The van der Waals surface area contributed by atoms with E-state index < -0.39 is 11.2 Å². The highest BCUT2D eigenvalue weighted by molar-refractivity contribution is 5.80. The molecule has 5 nitrogen and oxygen atoms in total. The van der Waals surface area contributed by atoms with Crippen molar-refractivity contribution in [3.63, 3.8) is 0 Å². The summed E-state index contributed by atoms with van der Waals surface area (Å²) in [6.07, 6.45) is 2.11. The van der Waals surface area contributed by atoms with Crippen LogP contribution in [0.15, 0.2) is 21.9 Å². The third-order valence-corrected chi connectivity index (χ3v) is 2.72. The van der Waals surface area contributed by atoms with Gasteiger partial charge in [0.15, 0.2) is 5.78 Å². The van der Waals surface area contributed by atoms with Gasteiger partial charge in [0.05, 0.1) is 6.54 Å². The topological polar surface area (TPSA) is 61.1 Å². The zero-order valence-corrected chi connectivity index (χ0v) is 9.77. The molecule has 1 atom stereocenters. The molecule has 0 aliphatic carbocycles. The summed E-state index contributed by atoms with van der Waals surface area (Å²) >= 11 is 0. The zero-order chi connectivity index (χ0) is 12.3. The first-order chi connectivity index (χ1) is 7.47. The van der Waals surface area contributed by atoms with E-state index in [4.69, 9.17) is 0 Å². The number of rotatable bonds is 4. The second-order valence-corrected chi connectivity index (χ2v) is 3.91. The van der Waals surface area contributed by atoms with Crippen LogP contribution < -0.4 is 11.2 Å². The van der Waals surface area contributed by atoms with Crippen molar-refractivity contribution in [1.29, 1.82) is 0 Å². The number of carbonyl (C=O) groups is 1. The summed E-state index contributed by atoms with van der Waals surface area (Å²) in [5, 5.41) is 0. The first-order valence-electron chi connectivity index (χ1n) is 5.26. The minimum atomic E-state index is -0.454. The number of Topliss-reactive ketones (excluding diaryl/α,β-unsaturated/α-hetero) is 1. The van der Waals surface area contributed by atoms with Crippen molar-refractivity contribution < 1.29 is 4.79 Å². The average Bonchev–Trinajstić information content (AvgIpc) is 2.28. The lowest BCUT2D eigenvalue weighted by Gasteiger charge is -2.09. The van der Waals surface area contributed by atoms with Gasteiger partial charge in [-0.15, -0.1) is 0 Å². The minimum Gasteiger partial charge on any atom is -0.303 e. The normalized spacial score (nSPS) is 12.4. The van der Waals surface area contributed by atoms with Gasteiger partial charge in [0.2, 0.25) is 0 Å². The number of hydrogen-bond donors (Lipinski definition) is 0. The van der Waals surface area contributed by atoms with Gasteiger partial charge in [-0.3, -0.25) is 14.2 Å². The molecule has 16 heavy (non-hydrogen) atoms. The van der Waals surface area contributed by atoms with Crippen molar-refractivity contribution in [2.24, 2.45) is 13.0 Å². The molecule has 5 heteroatoms. The quantitative estimate of drug-likeness (QED) is 0.732. The molecule has 0 spiro atoms. The zero-order valence-electron chi connectivity index (χ0n) is 9.77. The van der Waals surface area contributed by atoms with E-state index in [2.05, 4.69) is 0 Å². The van der Waals surface area contributed by atoms with Gasteiger partial charge < -0.3 is 4.57 Å². The summed E-state index contributed by atoms with van der Waals surface area (Å²) in [6, 6.07) is 1.28. The third-order valence-electron chi connectivity index (χ3n) is 2.72. The molecule has 0 N–H and O–H groups in total. The molecule has 88 valence electrons. The first-order valence-corrected chi connectivity index (χ1v) is 5.26. The molecule has 1 aromatic rings. The molecule has 1 heterocycles.